The fourth-order valence-electron chi connectivity index (χ4n) is 1.92. The van der Waals surface area contributed by atoms with Crippen LogP contribution in [0, 0.1) is 12.7 Å². The van der Waals surface area contributed by atoms with Crippen molar-refractivity contribution in [1.29, 1.82) is 0 Å². The Morgan fingerprint density at radius 1 is 1.36 bits per heavy atom. The molecule has 0 aliphatic rings. The Balaban J connectivity index is 2.12. The van der Waals surface area contributed by atoms with E-state index in [1.807, 2.05) is 0 Å². The highest BCUT2D eigenvalue weighted by Crippen LogP contribution is 2.17. The quantitative estimate of drug-likeness (QED) is 0.852. The van der Waals surface area contributed by atoms with Gasteiger partial charge in [-0.25, -0.2) is 13.9 Å². The summed E-state index contributed by atoms with van der Waals surface area (Å²) in [5.41, 5.74) is 0.958. The smallest absolute Gasteiger partial charge is 0.341 e. The molecule has 0 saturated carbocycles. The number of para-hydroxylation sites is 1. The van der Waals surface area contributed by atoms with Crippen LogP contribution in [0.25, 0.3) is 5.69 Å². The number of rotatable bonds is 5. The minimum Gasteiger partial charge on any atom is -0.461 e. The van der Waals surface area contributed by atoms with Crippen LogP contribution in [0.2, 0.25) is 0 Å². The molecule has 0 bridgehead atoms. The van der Waals surface area contributed by atoms with Gasteiger partial charge in [-0.2, -0.15) is 5.10 Å². The van der Waals surface area contributed by atoms with E-state index in [1.54, 1.807) is 25.1 Å². The number of nitrogens with one attached hydrogen (secondary N) is 1. The minimum absolute atomic E-state index is 0.0250. The highest BCUT2D eigenvalue weighted by Gasteiger charge is 2.18. The van der Waals surface area contributed by atoms with E-state index < -0.39 is 11.8 Å². The molecule has 2 rings (SSSR count). The first-order valence-electron chi connectivity index (χ1n) is 6.72. The van der Waals surface area contributed by atoms with E-state index in [0.717, 1.165) is 0 Å². The van der Waals surface area contributed by atoms with E-state index in [-0.39, 0.29) is 30.2 Å². The maximum absolute atomic E-state index is 13.8. The molecule has 0 atom stereocenters. The van der Waals surface area contributed by atoms with Crippen LogP contribution in [-0.2, 0) is 9.53 Å². The molecule has 1 N–H and O–H groups in total. The van der Waals surface area contributed by atoms with Gasteiger partial charge in [-0.15, -0.1) is 0 Å². The summed E-state index contributed by atoms with van der Waals surface area (Å²) in [5.74, 6) is -1.25. The van der Waals surface area contributed by atoms with Gasteiger partial charge in [0.2, 0.25) is 5.91 Å². The first-order chi connectivity index (χ1) is 10.5. The zero-order valence-electron chi connectivity index (χ0n) is 12.3. The van der Waals surface area contributed by atoms with E-state index in [2.05, 4.69) is 10.4 Å². The van der Waals surface area contributed by atoms with Crippen molar-refractivity contribution in [2.45, 2.75) is 13.3 Å². The molecule has 7 heteroatoms. The van der Waals surface area contributed by atoms with Crippen molar-refractivity contribution >= 4 is 11.9 Å². The molecule has 0 radical (unpaired) electrons. The summed E-state index contributed by atoms with van der Waals surface area (Å²) in [4.78, 5) is 23.0. The summed E-state index contributed by atoms with van der Waals surface area (Å²) in [6.45, 7) is 1.62. The van der Waals surface area contributed by atoms with E-state index in [4.69, 9.17) is 4.74 Å². The van der Waals surface area contributed by atoms with Crippen LogP contribution in [0.5, 0.6) is 0 Å². The van der Waals surface area contributed by atoms with Gasteiger partial charge in [0.25, 0.3) is 0 Å². The third-order valence-electron chi connectivity index (χ3n) is 3.15. The Labute approximate surface area is 126 Å². The second-order valence-corrected chi connectivity index (χ2v) is 4.57. The second kappa shape index (κ2) is 6.84. The Morgan fingerprint density at radius 3 is 2.77 bits per heavy atom. The maximum Gasteiger partial charge on any atom is 0.341 e. The normalized spacial score (nSPS) is 10.3. The van der Waals surface area contributed by atoms with Crippen LogP contribution in [0.4, 0.5) is 4.39 Å². The van der Waals surface area contributed by atoms with Crippen LogP contribution < -0.4 is 5.32 Å². The van der Waals surface area contributed by atoms with Crippen molar-refractivity contribution in [3.63, 3.8) is 0 Å². The van der Waals surface area contributed by atoms with Gasteiger partial charge < -0.3 is 10.1 Å². The summed E-state index contributed by atoms with van der Waals surface area (Å²) in [7, 11) is 1.51. The van der Waals surface area contributed by atoms with E-state index >= 15 is 0 Å². The lowest BCUT2D eigenvalue weighted by Crippen LogP contribution is -2.20. The fraction of sp³-hybridized carbons (Fsp3) is 0.267. The van der Waals surface area contributed by atoms with Gasteiger partial charge in [0.05, 0.1) is 18.3 Å². The number of ether oxygens (including phenoxy) is 1. The van der Waals surface area contributed by atoms with Gasteiger partial charge >= 0.3 is 5.97 Å². The molecule has 116 valence electrons. The van der Waals surface area contributed by atoms with Crippen LogP contribution in [0.1, 0.15) is 22.5 Å². The molecule has 0 aliphatic heterocycles. The topological polar surface area (TPSA) is 73.2 Å². The van der Waals surface area contributed by atoms with Crippen molar-refractivity contribution in [2.75, 3.05) is 13.7 Å². The van der Waals surface area contributed by atoms with Gasteiger partial charge in [-0.1, -0.05) is 12.1 Å². The number of hydrogen-bond acceptors (Lipinski definition) is 4. The number of nitrogens with zero attached hydrogens (tertiary/aromatic N) is 2. The van der Waals surface area contributed by atoms with Gasteiger partial charge in [0.1, 0.15) is 23.7 Å². The predicted molar refractivity (Wildman–Crippen MR) is 77.2 cm³/mol. The van der Waals surface area contributed by atoms with Gasteiger partial charge in [0, 0.05) is 7.05 Å². The maximum atomic E-state index is 13.8. The average molecular weight is 305 g/mol. The number of aromatic nitrogens is 2. The van der Waals surface area contributed by atoms with Gasteiger partial charge in [-0.3, -0.25) is 4.79 Å². The number of benzene rings is 1. The number of esters is 1. The molecule has 22 heavy (non-hydrogen) atoms. The summed E-state index contributed by atoms with van der Waals surface area (Å²) < 4.78 is 20.1. The highest BCUT2D eigenvalue weighted by molar-refractivity contribution is 5.90. The standard InChI is InChI=1S/C15H16FN3O3/c1-10-11(15(21)22-8-7-14(20)17-2)9-18-19(10)13-6-4-3-5-12(13)16/h3-6,9H,7-8H2,1-2H3,(H,17,20). The zero-order valence-corrected chi connectivity index (χ0v) is 12.3. The Kier molecular flexibility index (Phi) is 4.88. The first-order valence-corrected chi connectivity index (χ1v) is 6.72. The fourth-order valence-corrected chi connectivity index (χ4v) is 1.92. The van der Waals surface area contributed by atoms with E-state index in [9.17, 15) is 14.0 Å². The van der Waals surface area contributed by atoms with Crippen molar-refractivity contribution in [3.05, 3.63) is 47.5 Å². The molecule has 1 aromatic heterocycles. The zero-order chi connectivity index (χ0) is 16.1. The molecular formula is C15H16FN3O3. The average Bonchev–Trinajstić information content (AvgIpc) is 2.89. The van der Waals surface area contributed by atoms with Crippen molar-refractivity contribution < 1.29 is 18.7 Å². The third kappa shape index (κ3) is 3.30. The third-order valence-corrected chi connectivity index (χ3v) is 3.15. The lowest BCUT2D eigenvalue weighted by atomic mass is 10.2. The molecule has 1 heterocycles. The Morgan fingerprint density at radius 2 is 2.09 bits per heavy atom. The summed E-state index contributed by atoms with van der Waals surface area (Å²) >= 11 is 0. The Bertz CT molecular complexity index is 697. The number of hydrogen-bond donors (Lipinski definition) is 1. The SMILES string of the molecule is CNC(=O)CCOC(=O)c1cnn(-c2ccccc2F)c1C. The van der Waals surface area contributed by atoms with Gasteiger partial charge in [0.15, 0.2) is 0 Å². The Hall–Kier alpha value is -2.70. The molecule has 0 unspecified atom stereocenters. The van der Waals surface area contributed by atoms with Crippen LogP contribution >= 0.6 is 0 Å². The first kappa shape index (κ1) is 15.7. The van der Waals surface area contributed by atoms with Crippen LogP contribution in [0.15, 0.2) is 30.5 Å². The molecule has 0 aliphatic carbocycles. The monoisotopic (exact) mass is 305 g/mol. The van der Waals surface area contributed by atoms with Crippen molar-refractivity contribution in [3.8, 4) is 5.69 Å². The lowest BCUT2D eigenvalue weighted by Gasteiger charge is -2.07. The van der Waals surface area contributed by atoms with Crippen molar-refractivity contribution in [2.24, 2.45) is 0 Å². The summed E-state index contributed by atoms with van der Waals surface area (Å²) in [6.07, 6.45) is 1.41. The molecule has 6 nitrogen and oxygen atoms in total. The number of halogens is 1. The molecule has 2 aromatic rings. The number of carbonyl (C=O) groups is 2. The molecule has 0 spiro atoms. The highest BCUT2D eigenvalue weighted by atomic mass is 19.1. The second-order valence-electron chi connectivity index (χ2n) is 4.57. The molecule has 0 saturated heterocycles. The van der Waals surface area contributed by atoms with Crippen LogP contribution in [-0.4, -0.2) is 35.3 Å². The van der Waals surface area contributed by atoms with Crippen LogP contribution in [0.3, 0.4) is 0 Å². The minimum atomic E-state index is -0.594. The van der Waals surface area contributed by atoms with Gasteiger partial charge in [-0.05, 0) is 19.1 Å². The predicted octanol–water partition coefficient (Wildman–Crippen LogP) is 1.61. The number of carbonyl (C=O) groups excluding carboxylic acids is 2. The van der Waals surface area contributed by atoms with E-state index in [0.29, 0.717) is 5.69 Å². The largest absolute Gasteiger partial charge is 0.461 e. The molecule has 1 amide bonds. The molecular weight excluding hydrogens is 289 g/mol. The molecule has 1 aromatic carbocycles. The lowest BCUT2D eigenvalue weighted by molar-refractivity contribution is -0.121. The number of amides is 1. The van der Waals surface area contributed by atoms with E-state index in [1.165, 1.54) is 24.0 Å². The van der Waals surface area contributed by atoms with Crippen molar-refractivity contribution in [1.82, 2.24) is 15.1 Å². The molecule has 0 fully saturated rings. The summed E-state index contributed by atoms with van der Waals surface area (Å²) in [6, 6.07) is 6.14. The summed E-state index contributed by atoms with van der Waals surface area (Å²) in [5, 5.41) is 6.46.